The van der Waals surface area contributed by atoms with Crippen LogP contribution in [-0.4, -0.2) is 9.55 Å². The van der Waals surface area contributed by atoms with Crippen LogP contribution in [0.15, 0.2) is 67.0 Å². The summed E-state index contributed by atoms with van der Waals surface area (Å²) in [7, 11) is 1.98. The molecule has 0 aliphatic carbocycles. The van der Waals surface area contributed by atoms with Crippen LogP contribution in [0.25, 0.3) is 0 Å². The minimum Gasteiger partial charge on any atom is -0.455 e. The van der Waals surface area contributed by atoms with Crippen molar-refractivity contribution in [3.63, 3.8) is 0 Å². The van der Waals surface area contributed by atoms with Crippen molar-refractivity contribution in [3.8, 4) is 11.5 Å². The van der Waals surface area contributed by atoms with E-state index < -0.39 is 0 Å². The van der Waals surface area contributed by atoms with Crippen LogP contribution in [0, 0.1) is 0 Å². The van der Waals surface area contributed by atoms with Gasteiger partial charge in [0.2, 0.25) is 0 Å². The normalized spacial score (nSPS) is 10.3. The van der Waals surface area contributed by atoms with Gasteiger partial charge in [0.25, 0.3) is 0 Å². The van der Waals surface area contributed by atoms with Gasteiger partial charge in [0.05, 0.1) is 12.2 Å². The second-order valence-electron chi connectivity index (χ2n) is 4.72. The summed E-state index contributed by atoms with van der Waals surface area (Å²) in [5.74, 6) is 2.60. The molecular weight excluding hydrogens is 262 g/mol. The van der Waals surface area contributed by atoms with Gasteiger partial charge in [0, 0.05) is 19.4 Å². The Morgan fingerprint density at radius 1 is 1.05 bits per heavy atom. The summed E-state index contributed by atoms with van der Waals surface area (Å²) in [5, 5.41) is 3.37. The predicted octanol–water partition coefficient (Wildman–Crippen LogP) is 3.82. The maximum absolute atomic E-state index is 5.92. The van der Waals surface area contributed by atoms with Crippen LogP contribution < -0.4 is 10.1 Å². The van der Waals surface area contributed by atoms with Crippen molar-refractivity contribution in [3.05, 3.63) is 72.8 Å². The van der Waals surface area contributed by atoms with Gasteiger partial charge in [-0.05, 0) is 24.3 Å². The second kappa shape index (κ2) is 6.13. The van der Waals surface area contributed by atoms with Crippen molar-refractivity contribution < 1.29 is 4.74 Å². The molecule has 0 unspecified atom stereocenters. The lowest BCUT2D eigenvalue weighted by molar-refractivity contribution is 0.484. The number of anilines is 1. The zero-order chi connectivity index (χ0) is 14.5. The van der Waals surface area contributed by atoms with Crippen molar-refractivity contribution in [2.24, 2.45) is 7.05 Å². The number of rotatable bonds is 5. The summed E-state index contributed by atoms with van der Waals surface area (Å²) in [5.41, 5.74) is 0.948. The molecule has 0 atom stereocenters. The highest BCUT2D eigenvalue weighted by Crippen LogP contribution is 2.29. The number of para-hydroxylation sites is 3. The molecule has 0 spiro atoms. The fraction of sp³-hybridized carbons (Fsp3) is 0.118. The molecule has 0 saturated heterocycles. The van der Waals surface area contributed by atoms with Crippen LogP contribution >= 0.6 is 0 Å². The summed E-state index contributed by atoms with van der Waals surface area (Å²) in [4.78, 5) is 4.30. The van der Waals surface area contributed by atoms with E-state index in [0.29, 0.717) is 6.54 Å². The molecular formula is C17H17N3O. The maximum atomic E-state index is 5.92. The number of nitrogens with one attached hydrogen (secondary N) is 1. The van der Waals surface area contributed by atoms with E-state index in [1.165, 1.54) is 0 Å². The molecule has 4 heteroatoms. The average molecular weight is 279 g/mol. The number of aromatic nitrogens is 2. The van der Waals surface area contributed by atoms with Gasteiger partial charge in [-0.15, -0.1) is 0 Å². The Labute approximate surface area is 124 Å². The molecule has 1 N–H and O–H groups in total. The lowest BCUT2D eigenvalue weighted by Gasteiger charge is -2.12. The van der Waals surface area contributed by atoms with Crippen molar-refractivity contribution in [2.75, 3.05) is 5.32 Å². The summed E-state index contributed by atoms with van der Waals surface area (Å²) in [6.45, 7) is 0.651. The van der Waals surface area contributed by atoms with Gasteiger partial charge in [0.15, 0.2) is 5.75 Å². The molecule has 0 fully saturated rings. The van der Waals surface area contributed by atoms with Gasteiger partial charge >= 0.3 is 0 Å². The Balaban J connectivity index is 1.75. The van der Waals surface area contributed by atoms with E-state index in [1.807, 2.05) is 72.4 Å². The molecule has 0 bridgehead atoms. The third kappa shape index (κ3) is 3.23. The molecule has 4 nitrogen and oxygen atoms in total. The summed E-state index contributed by atoms with van der Waals surface area (Å²) in [6.07, 6.45) is 3.73. The standard InChI is InChI=1S/C17H17N3O/c1-20-12-11-18-17(20)13-19-15-9-5-6-10-16(15)21-14-7-3-2-4-8-14/h2-12,19H,13H2,1H3. The molecule has 0 aliphatic heterocycles. The summed E-state index contributed by atoms with van der Waals surface area (Å²) < 4.78 is 7.91. The van der Waals surface area contributed by atoms with Crippen LogP contribution in [-0.2, 0) is 13.6 Å². The molecule has 1 heterocycles. The fourth-order valence-corrected chi connectivity index (χ4v) is 2.06. The van der Waals surface area contributed by atoms with Gasteiger partial charge in [-0.3, -0.25) is 0 Å². The highest BCUT2D eigenvalue weighted by molar-refractivity contribution is 5.57. The van der Waals surface area contributed by atoms with Gasteiger partial charge in [-0.25, -0.2) is 4.98 Å². The molecule has 0 saturated carbocycles. The van der Waals surface area contributed by atoms with E-state index in [1.54, 1.807) is 6.20 Å². The molecule has 0 amide bonds. The Morgan fingerprint density at radius 3 is 2.57 bits per heavy atom. The largest absolute Gasteiger partial charge is 0.455 e. The molecule has 0 aliphatic rings. The monoisotopic (exact) mass is 279 g/mol. The minimum atomic E-state index is 0.651. The molecule has 0 radical (unpaired) electrons. The third-order valence-electron chi connectivity index (χ3n) is 3.22. The van der Waals surface area contributed by atoms with E-state index in [9.17, 15) is 0 Å². The molecule has 2 aromatic carbocycles. The Kier molecular flexibility index (Phi) is 3.87. The van der Waals surface area contributed by atoms with E-state index in [2.05, 4.69) is 10.3 Å². The van der Waals surface area contributed by atoms with Crippen molar-refractivity contribution in [1.29, 1.82) is 0 Å². The Bertz CT molecular complexity index is 707. The van der Waals surface area contributed by atoms with E-state index in [0.717, 1.165) is 23.0 Å². The van der Waals surface area contributed by atoms with E-state index >= 15 is 0 Å². The fourth-order valence-electron chi connectivity index (χ4n) is 2.06. The molecule has 21 heavy (non-hydrogen) atoms. The van der Waals surface area contributed by atoms with E-state index in [-0.39, 0.29) is 0 Å². The first-order valence-corrected chi connectivity index (χ1v) is 6.85. The highest BCUT2D eigenvalue weighted by Gasteiger charge is 2.05. The number of benzene rings is 2. The zero-order valence-corrected chi connectivity index (χ0v) is 11.9. The average Bonchev–Trinajstić information content (AvgIpc) is 2.93. The number of ether oxygens (including phenoxy) is 1. The van der Waals surface area contributed by atoms with E-state index in [4.69, 9.17) is 4.74 Å². The number of hydrogen-bond acceptors (Lipinski definition) is 3. The van der Waals surface area contributed by atoms with Crippen molar-refractivity contribution >= 4 is 5.69 Å². The lowest BCUT2D eigenvalue weighted by Crippen LogP contribution is -2.06. The second-order valence-corrected chi connectivity index (χ2v) is 4.72. The first-order chi connectivity index (χ1) is 10.3. The van der Waals surface area contributed by atoms with Crippen LogP contribution in [0.3, 0.4) is 0 Å². The first-order valence-electron chi connectivity index (χ1n) is 6.85. The summed E-state index contributed by atoms with van der Waals surface area (Å²) >= 11 is 0. The smallest absolute Gasteiger partial charge is 0.150 e. The van der Waals surface area contributed by atoms with Gasteiger partial charge in [0.1, 0.15) is 11.6 Å². The number of imidazole rings is 1. The lowest BCUT2D eigenvalue weighted by atomic mass is 10.3. The van der Waals surface area contributed by atoms with Gasteiger partial charge < -0.3 is 14.6 Å². The van der Waals surface area contributed by atoms with Crippen molar-refractivity contribution in [2.45, 2.75) is 6.54 Å². The van der Waals surface area contributed by atoms with Gasteiger partial charge in [-0.1, -0.05) is 30.3 Å². The topological polar surface area (TPSA) is 39.1 Å². The van der Waals surface area contributed by atoms with Crippen LogP contribution in [0.5, 0.6) is 11.5 Å². The quantitative estimate of drug-likeness (QED) is 0.771. The van der Waals surface area contributed by atoms with Crippen molar-refractivity contribution in [1.82, 2.24) is 9.55 Å². The minimum absolute atomic E-state index is 0.651. The SMILES string of the molecule is Cn1ccnc1CNc1ccccc1Oc1ccccc1. The highest BCUT2D eigenvalue weighted by atomic mass is 16.5. The third-order valence-corrected chi connectivity index (χ3v) is 3.22. The van der Waals surface area contributed by atoms with Gasteiger partial charge in [-0.2, -0.15) is 0 Å². The molecule has 3 aromatic rings. The number of hydrogen-bond donors (Lipinski definition) is 1. The Hall–Kier alpha value is -2.75. The Morgan fingerprint density at radius 2 is 1.81 bits per heavy atom. The van der Waals surface area contributed by atoms with Crippen LogP contribution in [0.2, 0.25) is 0 Å². The number of nitrogens with zero attached hydrogens (tertiary/aromatic N) is 2. The summed E-state index contributed by atoms with van der Waals surface area (Å²) in [6, 6.07) is 17.7. The zero-order valence-electron chi connectivity index (χ0n) is 11.9. The molecule has 106 valence electrons. The molecule has 1 aromatic heterocycles. The van der Waals surface area contributed by atoms with Crippen LogP contribution in [0.4, 0.5) is 5.69 Å². The molecule has 3 rings (SSSR count). The number of aryl methyl sites for hydroxylation is 1. The first kappa shape index (κ1) is 13.2. The predicted molar refractivity (Wildman–Crippen MR) is 83.5 cm³/mol. The van der Waals surface area contributed by atoms with Crippen LogP contribution in [0.1, 0.15) is 5.82 Å². The maximum Gasteiger partial charge on any atom is 0.150 e.